The molecule has 0 fully saturated rings. The quantitative estimate of drug-likeness (QED) is 0.734. The van der Waals surface area contributed by atoms with Crippen molar-refractivity contribution >= 4 is 11.8 Å². The van der Waals surface area contributed by atoms with Gasteiger partial charge in [-0.25, -0.2) is 0 Å². The van der Waals surface area contributed by atoms with Crippen LogP contribution in [-0.2, 0) is 9.59 Å². The van der Waals surface area contributed by atoms with Gasteiger partial charge in [-0.1, -0.05) is 43.7 Å². The first-order chi connectivity index (χ1) is 12.8. The third-order valence-corrected chi connectivity index (χ3v) is 3.94. The number of benzene rings is 2. The molecule has 0 unspecified atom stereocenters. The highest BCUT2D eigenvalue weighted by atomic mass is 16.5. The molecule has 0 aliphatic carbocycles. The number of aryl methyl sites for hydroxylation is 1. The topological polar surface area (TPSA) is 76.7 Å². The van der Waals surface area contributed by atoms with E-state index in [1.165, 1.54) is 5.56 Å². The van der Waals surface area contributed by atoms with E-state index < -0.39 is 17.9 Å². The number of rotatable bonds is 7. The molecular weight excluding hydrogens is 344 g/mol. The molecule has 6 heteroatoms. The Labute approximate surface area is 159 Å². The highest BCUT2D eigenvalue weighted by Gasteiger charge is 2.15. The number of hydrogen-bond acceptors (Lipinski definition) is 4. The van der Waals surface area contributed by atoms with E-state index in [1.54, 1.807) is 19.1 Å². The van der Waals surface area contributed by atoms with Crippen molar-refractivity contribution in [3.05, 3.63) is 59.7 Å². The summed E-state index contributed by atoms with van der Waals surface area (Å²) in [5.74, 6) is 0.695. The predicted molar refractivity (Wildman–Crippen MR) is 104 cm³/mol. The minimum absolute atomic E-state index is 0.199. The molecule has 0 saturated carbocycles. The molecule has 0 saturated heterocycles. The molecule has 0 aliphatic rings. The predicted octanol–water partition coefficient (Wildman–Crippen LogP) is 3.11. The molecule has 2 aromatic carbocycles. The summed E-state index contributed by atoms with van der Waals surface area (Å²) in [7, 11) is 0. The number of amides is 2. The number of carbonyl (C=O) groups excluding carboxylic acids is 2. The van der Waals surface area contributed by atoms with Gasteiger partial charge in [0.1, 0.15) is 11.5 Å². The van der Waals surface area contributed by atoms with Crippen LogP contribution in [0.1, 0.15) is 37.8 Å². The molecular formula is C21H26N2O4. The molecule has 2 amide bonds. The van der Waals surface area contributed by atoms with Crippen molar-refractivity contribution in [3.63, 3.8) is 0 Å². The van der Waals surface area contributed by atoms with Crippen molar-refractivity contribution in [2.45, 2.75) is 39.7 Å². The van der Waals surface area contributed by atoms with E-state index in [4.69, 9.17) is 9.47 Å². The molecule has 0 bridgehead atoms. The fraction of sp³-hybridized carbons (Fsp3) is 0.333. The van der Waals surface area contributed by atoms with Crippen LogP contribution in [-0.4, -0.2) is 24.5 Å². The lowest BCUT2D eigenvalue weighted by Crippen LogP contribution is -2.48. The SMILES string of the molecule is Cc1ccc(OCC(=O)NNC(=O)[C@H](C)Oc2ccc(C(C)C)cc2)cc1. The Bertz CT molecular complexity index is 755. The van der Waals surface area contributed by atoms with Crippen LogP contribution in [0.15, 0.2) is 48.5 Å². The van der Waals surface area contributed by atoms with Crippen LogP contribution in [0.5, 0.6) is 11.5 Å². The maximum atomic E-state index is 12.0. The van der Waals surface area contributed by atoms with E-state index >= 15 is 0 Å². The number of ether oxygens (including phenoxy) is 2. The van der Waals surface area contributed by atoms with Gasteiger partial charge >= 0.3 is 0 Å². The first kappa shape index (κ1) is 20.3. The van der Waals surface area contributed by atoms with E-state index in [9.17, 15) is 9.59 Å². The lowest BCUT2D eigenvalue weighted by molar-refractivity contribution is -0.133. The Morgan fingerprint density at radius 1 is 0.889 bits per heavy atom. The molecule has 2 aromatic rings. The summed E-state index contributed by atoms with van der Waals surface area (Å²) < 4.78 is 10.9. The maximum absolute atomic E-state index is 12.0. The zero-order valence-corrected chi connectivity index (χ0v) is 16.1. The van der Waals surface area contributed by atoms with Crippen molar-refractivity contribution in [1.82, 2.24) is 10.9 Å². The highest BCUT2D eigenvalue weighted by Crippen LogP contribution is 2.19. The summed E-state index contributed by atoms with van der Waals surface area (Å²) in [5.41, 5.74) is 6.94. The third kappa shape index (κ3) is 6.66. The second kappa shape index (κ2) is 9.62. The number of nitrogens with one attached hydrogen (secondary N) is 2. The van der Waals surface area contributed by atoms with Crippen molar-refractivity contribution in [1.29, 1.82) is 0 Å². The normalized spacial score (nSPS) is 11.6. The second-order valence-corrected chi connectivity index (χ2v) is 6.62. The first-order valence-electron chi connectivity index (χ1n) is 8.90. The third-order valence-electron chi connectivity index (χ3n) is 3.94. The van der Waals surface area contributed by atoms with Gasteiger partial charge in [-0.2, -0.15) is 0 Å². The lowest BCUT2D eigenvalue weighted by atomic mass is 10.0. The van der Waals surface area contributed by atoms with Crippen LogP contribution in [0.25, 0.3) is 0 Å². The Balaban J connectivity index is 1.73. The molecule has 2 rings (SSSR count). The van der Waals surface area contributed by atoms with E-state index in [0.717, 1.165) is 5.56 Å². The Morgan fingerprint density at radius 3 is 2.07 bits per heavy atom. The van der Waals surface area contributed by atoms with Gasteiger partial charge in [0.25, 0.3) is 11.8 Å². The molecule has 0 aromatic heterocycles. The molecule has 6 nitrogen and oxygen atoms in total. The smallest absolute Gasteiger partial charge is 0.279 e. The van der Waals surface area contributed by atoms with Gasteiger partial charge in [-0.05, 0) is 49.6 Å². The summed E-state index contributed by atoms with van der Waals surface area (Å²) in [6.45, 7) is 7.60. The molecule has 2 N–H and O–H groups in total. The van der Waals surface area contributed by atoms with Crippen LogP contribution in [0.4, 0.5) is 0 Å². The van der Waals surface area contributed by atoms with E-state index in [0.29, 0.717) is 17.4 Å². The summed E-state index contributed by atoms with van der Waals surface area (Å²) in [6.07, 6.45) is -0.756. The molecule has 0 spiro atoms. The van der Waals surface area contributed by atoms with Gasteiger partial charge in [0.2, 0.25) is 0 Å². The standard InChI is InChI=1S/C21H26N2O4/c1-14(2)17-7-11-19(12-8-17)27-16(4)21(25)23-22-20(24)13-26-18-9-5-15(3)6-10-18/h5-12,14,16H,13H2,1-4H3,(H,22,24)(H,23,25)/t16-/m0/s1. The fourth-order valence-electron chi connectivity index (χ4n) is 2.24. The van der Waals surface area contributed by atoms with E-state index in [2.05, 4.69) is 24.7 Å². The Morgan fingerprint density at radius 2 is 1.48 bits per heavy atom. The number of carbonyl (C=O) groups is 2. The Kier molecular flexibility index (Phi) is 7.23. The van der Waals surface area contributed by atoms with Gasteiger partial charge in [-0.15, -0.1) is 0 Å². The number of hydrogen-bond donors (Lipinski definition) is 2. The highest BCUT2D eigenvalue weighted by molar-refractivity contribution is 5.85. The second-order valence-electron chi connectivity index (χ2n) is 6.62. The average Bonchev–Trinajstić information content (AvgIpc) is 2.66. The van der Waals surface area contributed by atoms with Gasteiger partial charge < -0.3 is 9.47 Å². The summed E-state index contributed by atoms with van der Waals surface area (Å²) >= 11 is 0. The van der Waals surface area contributed by atoms with Crippen molar-refractivity contribution in [2.24, 2.45) is 0 Å². The van der Waals surface area contributed by atoms with Crippen molar-refractivity contribution in [2.75, 3.05) is 6.61 Å². The molecule has 0 radical (unpaired) electrons. The minimum atomic E-state index is -0.756. The van der Waals surface area contributed by atoms with Crippen LogP contribution in [0.3, 0.4) is 0 Å². The van der Waals surface area contributed by atoms with E-state index in [-0.39, 0.29) is 6.61 Å². The minimum Gasteiger partial charge on any atom is -0.484 e. The zero-order chi connectivity index (χ0) is 19.8. The monoisotopic (exact) mass is 370 g/mol. The number of hydrazine groups is 1. The summed E-state index contributed by atoms with van der Waals surface area (Å²) in [5, 5.41) is 0. The van der Waals surface area contributed by atoms with Gasteiger partial charge in [0, 0.05) is 0 Å². The summed E-state index contributed by atoms with van der Waals surface area (Å²) in [4.78, 5) is 23.8. The fourth-order valence-corrected chi connectivity index (χ4v) is 2.24. The molecule has 0 aliphatic heterocycles. The molecule has 0 heterocycles. The first-order valence-corrected chi connectivity index (χ1v) is 8.90. The molecule has 1 atom stereocenters. The van der Waals surface area contributed by atoms with Crippen LogP contribution in [0.2, 0.25) is 0 Å². The largest absolute Gasteiger partial charge is 0.484 e. The van der Waals surface area contributed by atoms with Gasteiger partial charge in [0.15, 0.2) is 12.7 Å². The van der Waals surface area contributed by atoms with Crippen LogP contribution >= 0.6 is 0 Å². The molecule has 27 heavy (non-hydrogen) atoms. The van der Waals surface area contributed by atoms with Gasteiger partial charge in [-0.3, -0.25) is 20.4 Å². The maximum Gasteiger partial charge on any atom is 0.279 e. The van der Waals surface area contributed by atoms with Gasteiger partial charge in [0.05, 0.1) is 0 Å². The summed E-state index contributed by atoms with van der Waals surface area (Å²) in [6, 6.07) is 14.9. The zero-order valence-electron chi connectivity index (χ0n) is 16.1. The average molecular weight is 370 g/mol. The van der Waals surface area contributed by atoms with Crippen molar-refractivity contribution < 1.29 is 19.1 Å². The van der Waals surface area contributed by atoms with E-state index in [1.807, 2.05) is 43.3 Å². The van der Waals surface area contributed by atoms with Crippen LogP contribution in [0, 0.1) is 6.92 Å². The molecule has 144 valence electrons. The van der Waals surface area contributed by atoms with Crippen molar-refractivity contribution in [3.8, 4) is 11.5 Å². The van der Waals surface area contributed by atoms with Crippen LogP contribution < -0.4 is 20.3 Å². The Hall–Kier alpha value is -3.02. The lowest BCUT2D eigenvalue weighted by Gasteiger charge is -2.16.